The molecule has 0 unspecified atom stereocenters. The minimum atomic E-state index is -0.918. The Balaban J connectivity index is 1.45. The fraction of sp³-hybridized carbons (Fsp3) is 0.0455. The van der Waals surface area contributed by atoms with Gasteiger partial charge in [-0.1, -0.05) is 17.7 Å². The number of carbonyl (C=O) groups is 2. The number of carbonyl (C=O) groups excluding carboxylic acids is 2. The molecule has 0 saturated heterocycles. The van der Waals surface area contributed by atoms with Crippen molar-refractivity contribution < 1.29 is 14.7 Å². The van der Waals surface area contributed by atoms with Crippen LogP contribution in [0.3, 0.4) is 0 Å². The van der Waals surface area contributed by atoms with Gasteiger partial charge >= 0.3 is 11.8 Å². The normalized spacial score (nSPS) is 10.7. The molecule has 6 nitrogen and oxygen atoms in total. The fourth-order valence-electron chi connectivity index (χ4n) is 2.83. The van der Waals surface area contributed by atoms with E-state index in [0.29, 0.717) is 10.7 Å². The molecule has 3 aromatic carbocycles. The van der Waals surface area contributed by atoms with Crippen LogP contribution in [0.1, 0.15) is 5.56 Å². The first-order valence-electron chi connectivity index (χ1n) is 8.97. The molecule has 1 aromatic heterocycles. The lowest BCUT2D eigenvalue weighted by molar-refractivity contribution is -0.133. The maximum absolute atomic E-state index is 12.2. The van der Waals surface area contributed by atoms with Crippen molar-refractivity contribution in [3.8, 4) is 16.3 Å². The number of fused-ring (bicyclic) bond motifs is 1. The molecular formula is C22H16ClN3O3S. The Hall–Kier alpha value is -3.42. The Morgan fingerprint density at radius 1 is 0.967 bits per heavy atom. The number of amides is 2. The molecule has 2 amide bonds. The molecular weight excluding hydrogens is 422 g/mol. The molecule has 0 radical (unpaired) electrons. The largest absolute Gasteiger partial charge is 0.506 e. The first-order valence-corrected chi connectivity index (χ1v) is 10.2. The summed E-state index contributed by atoms with van der Waals surface area (Å²) in [6.07, 6.45) is 0. The van der Waals surface area contributed by atoms with E-state index in [1.54, 1.807) is 23.5 Å². The average molecular weight is 438 g/mol. The molecule has 1 heterocycles. The summed E-state index contributed by atoms with van der Waals surface area (Å²) in [5.41, 5.74) is 3.56. The maximum Gasteiger partial charge on any atom is 0.314 e. The lowest BCUT2D eigenvalue weighted by atomic mass is 10.2. The van der Waals surface area contributed by atoms with Crippen LogP contribution in [-0.2, 0) is 9.59 Å². The summed E-state index contributed by atoms with van der Waals surface area (Å²) in [4.78, 5) is 28.9. The van der Waals surface area contributed by atoms with Crippen molar-refractivity contribution >= 4 is 56.3 Å². The van der Waals surface area contributed by atoms with Gasteiger partial charge in [-0.25, -0.2) is 4.98 Å². The highest BCUT2D eigenvalue weighted by Crippen LogP contribution is 2.31. The monoisotopic (exact) mass is 437 g/mol. The highest BCUT2D eigenvalue weighted by atomic mass is 35.5. The number of rotatable bonds is 3. The predicted octanol–water partition coefficient (Wildman–Crippen LogP) is 5.21. The number of hydrogen-bond acceptors (Lipinski definition) is 5. The molecule has 0 aliphatic heterocycles. The number of halogens is 1. The molecule has 0 fully saturated rings. The summed E-state index contributed by atoms with van der Waals surface area (Å²) < 4.78 is 1.11. The molecule has 0 aliphatic rings. The number of thiazole rings is 1. The number of anilines is 2. The first kappa shape index (κ1) is 19.9. The highest BCUT2D eigenvalue weighted by molar-refractivity contribution is 7.21. The van der Waals surface area contributed by atoms with E-state index in [0.717, 1.165) is 20.8 Å². The van der Waals surface area contributed by atoms with Gasteiger partial charge in [-0.15, -0.1) is 11.3 Å². The fourth-order valence-corrected chi connectivity index (χ4v) is 4.07. The van der Waals surface area contributed by atoms with Crippen LogP contribution in [0.25, 0.3) is 20.8 Å². The van der Waals surface area contributed by atoms with Crippen molar-refractivity contribution in [3.05, 3.63) is 71.2 Å². The Bertz CT molecular complexity index is 1270. The number of phenolic OH excluding ortho intramolecular Hbond substituents is 1. The van der Waals surface area contributed by atoms with E-state index in [1.807, 2.05) is 31.2 Å². The van der Waals surface area contributed by atoms with E-state index in [1.165, 1.54) is 23.8 Å². The SMILES string of the molecule is Cc1ccc2nc(-c3ccc(NC(=O)C(=O)Nc4cc(Cl)ccc4O)cc3)sc2c1. The standard InChI is InChI=1S/C22H16ClN3O3S/c1-12-2-8-16-19(10-12)30-22(26-16)13-3-6-15(7-4-13)24-20(28)21(29)25-17-11-14(23)5-9-18(17)27/h2-11,27H,1H3,(H,24,28)(H,25,29). The Morgan fingerprint density at radius 3 is 2.47 bits per heavy atom. The summed E-state index contributed by atoms with van der Waals surface area (Å²) in [6.45, 7) is 2.04. The molecule has 0 atom stereocenters. The minimum Gasteiger partial charge on any atom is -0.506 e. The maximum atomic E-state index is 12.2. The van der Waals surface area contributed by atoms with E-state index in [9.17, 15) is 14.7 Å². The number of aromatic hydroxyl groups is 1. The van der Waals surface area contributed by atoms with Gasteiger partial charge in [0, 0.05) is 16.3 Å². The summed E-state index contributed by atoms with van der Waals surface area (Å²) in [5.74, 6) is -1.97. The van der Waals surface area contributed by atoms with E-state index >= 15 is 0 Å². The molecule has 3 N–H and O–H groups in total. The summed E-state index contributed by atoms with van der Waals surface area (Å²) in [6, 6.07) is 17.4. The third-order valence-electron chi connectivity index (χ3n) is 4.35. The smallest absolute Gasteiger partial charge is 0.314 e. The van der Waals surface area contributed by atoms with Gasteiger partial charge in [0.05, 0.1) is 15.9 Å². The van der Waals surface area contributed by atoms with Gasteiger partial charge in [0.25, 0.3) is 0 Å². The van der Waals surface area contributed by atoms with Gasteiger partial charge in [0.15, 0.2) is 0 Å². The number of phenols is 1. The minimum absolute atomic E-state index is 0.0593. The van der Waals surface area contributed by atoms with Crippen LogP contribution < -0.4 is 10.6 Å². The number of aromatic nitrogens is 1. The zero-order valence-corrected chi connectivity index (χ0v) is 17.3. The van der Waals surface area contributed by atoms with Crippen LogP contribution in [0.4, 0.5) is 11.4 Å². The summed E-state index contributed by atoms with van der Waals surface area (Å²) in [7, 11) is 0. The van der Waals surface area contributed by atoms with Crippen LogP contribution in [0, 0.1) is 6.92 Å². The Morgan fingerprint density at radius 2 is 1.70 bits per heavy atom. The second-order valence-corrected chi connectivity index (χ2v) is 8.10. The van der Waals surface area contributed by atoms with E-state index < -0.39 is 11.8 Å². The third-order valence-corrected chi connectivity index (χ3v) is 5.65. The predicted molar refractivity (Wildman–Crippen MR) is 120 cm³/mol. The summed E-state index contributed by atoms with van der Waals surface area (Å²) in [5, 5.41) is 15.8. The number of hydrogen-bond donors (Lipinski definition) is 3. The van der Waals surface area contributed by atoms with Crippen LogP contribution >= 0.6 is 22.9 Å². The van der Waals surface area contributed by atoms with Crippen LogP contribution in [0.2, 0.25) is 5.02 Å². The second-order valence-electron chi connectivity index (χ2n) is 6.64. The molecule has 0 spiro atoms. The lowest BCUT2D eigenvalue weighted by Crippen LogP contribution is -2.29. The van der Waals surface area contributed by atoms with Crippen molar-refractivity contribution in [3.63, 3.8) is 0 Å². The van der Waals surface area contributed by atoms with Crippen molar-refractivity contribution in [2.24, 2.45) is 0 Å². The number of nitrogens with zero attached hydrogens (tertiary/aromatic N) is 1. The molecule has 4 rings (SSSR count). The van der Waals surface area contributed by atoms with E-state index in [-0.39, 0.29) is 11.4 Å². The summed E-state index contributed by atoms with van der Waals surface area (Å²) >= 11 is 7.44. The van der Waals surface area contributed by atoms with Crippen molar-refractivity contribution in [1.82, 2.24) is 4.98 Å². The molecule has 0 bridgehead atoms. The van der Waals surface area contributed by atoms with Gasteiger partial charge < -0.3 is 15.7 Å². The number of aryl methyl sites for hydroxylation is 1. The average Bonchev–Trinajstić information content (AvgIpc) is 3.14. The van der Waals surface area contributed by atoms with E-state index in [4.69, 9.17) is 11.6 Å². The highest BCUT2D eigenvalue weighted by Gasteiger charge is 2.16. The van der Waals surface area contributed by atoms with Gasteiger partial charge in [0.2, 0.25) is 0 Å². The van der Waals surface area contributed by atoms with Crippen LogP contribution in [0.15, 0.2) is 60.7 Å². The van der Waals surface area contributed by atoms with Gasteiger partial charge in [-0.2, -0.15) is 0 Å². The molecule has 4 aromatic rings. The van der Waals surface area contributed by atoms with Crippen molar-refractivity contribution in [2.75, 3.05) is 10.6 Å². The van der Waals surface area contributed by atoms with Crippen molar-refractivity contribution in [2.45, 2.75) is 6.92 Å². The zero-order valence-electron chi connectivity index (χ0n) is 15.8. The quantitative estimate of drug-likeness (QED) is 0.303. The van der Waals surface area contributed by atoms with Gasteiger partial charge in [-0.05, 0) is 67.1 Å². The molecule has 0 aliphatic carbocycles. The Kier molecular flexibility index (Phi) is 5.39. The van der Waals surface area contributed by atoms with Gasteiger partial charge in [0.1, 0.15) is 10.8 Å². The van der Waals surface area contributed by atoms with Crippen molar-refractivity contribution in [1.29, 1.82) is 0 Å². The first-order chi connectivity index (χ1) is 14.4. The third kappa shape index (κ3) is 4.27. The Labute approximate surface area is 181 Å². The van der Waals surface area contributed by atoms with E-state index in [2.05, 4.69) is 21.7 Å². The second kappa shape index (κ2) is 8.14. The number of nitrogens with one attached hydrogen (secondary N) is 2. The topological polar surface area (TPSA) is 91.3 Å². The molecule has 30 heavy (non-hydrogen) atoms. The van der Waals surface area contributed by atoms with Crippen LogP contribution in [0.5, 0.6) is 5.75 Å². The van der Waals surface area contributed by atoms with Crippen LogP contribution in [-0.4, -0.2) is 21.9 Å². The van der Waals surface area contributed by atoms with Gasteiger partial charge in [-0.3, -0.25) is 9.59 Å². The number of benzene rings is 3. The lowest BCUT2D eigenvalue weighted by Gasteiger charge is -2.08. The molecule has 0 saturated carbocycles. The molecule has 150 valence electrons. The molecule has 8 heteroatoms. The zero-order chi connectivity index (χ0) is 21.3.